The second-order valence-electron chi connectivity index (χ2n) is 4.91. The average molecular weight is 251 g/mol. The fraction of sp³-hybridized carbons (Fsp3) is 0.538. The average Bonchev–Trinajstić information content (AvgIpc) is 2.60. The predicted octanol–water partition coefficient (Wildman–Crippen LogP) is 0.881. The van der Waals surface area contributed by atoms with Gasteiger partial charge in [0, 0.05) is 6.54 Å². The summed E-state index contributed by atoms with van der Waals surface area (Å²) < 4.78 is 13.1. The van der Waals surface area contributed by atoms with Crippen molar-refractivity contribution in [3.63, 3.8) is 0 Å². The van der Waals surface area contributed by atoms with Crippen LogP contribution < -0.4 is 5.46 Å². The van der Waals surface area contributed by atoms with Gasteiger partial charge in [0.05, 0.1) is 0 Å². The maximum atomic E-state index is 13.1. The minimum atomic E-state index is -1.61. The Morgan fingerprint density at radius 2 is 1.78 bits per heavy atom. The number of hydrogen-bond acceptors (Lipinski definition) is 3. The molecular formula is C13H19BFNO2. The molecule has 5 heteroatoms. The van der Waals surface area contributed by atoms with E-state index in [0.717, 1.165) is 18.7 Å². The van der Waals surface area contributed by atoms with Crippen LogP contribution in [-0.4, -0.2) is 35.2 Å². The molecule has 18 heavy (non-hydrogen) atoms. The van der Waals surface area contributed by atoms with Crippen molar-refractivity contribution in [2.24, 2.45) is 0 Å². The third-order valence-corrected chi connectivity index (χ3v) is 3.48. The molecule has 0 saturated carbocycles. The number of benzene rings is 1. The van der Waals surface area contributed by atoms with Crippen molar-refractivity contribution in [2.45, 2.75) is 32.2 Å². The molecule has 0 spiro atoms. The summed E-state index contributed by atoms with van der Waals surface area (Å²) in [6, 6.07) is 4.23. The molecule has 1 aliphatic heterocycles. The SMILES string of the molecule is OB(O)c1cc(F)ccc1CN1CCCCCC1. The van der Waals surface area contributed by atoms with Crippen LogP contribution in [0.4, 0.5) is 4.39 Å². The van der Waals surface area contributed by atoms with E-state index in [0.29, 0.717) is 6.54 Å². The third-order valence-electron chi connectivity index (χ3n) is 3.48. The maximum Gasteiger partial charge on any atom is 0.488 e. The number of nitrogens with zero attached hydrogens (tertiary/aromatic N) is 1. The van der Waals surface area contributed by atoms with Crippen molar-refractivity contribution in [2.75, 3.05) is 13.1 Å². The van der Waals surface area contributed by atoms with Crippen LogP contribution in [0.1, 0.15) is 31.2 Å². The van der Waals surface area contributed by atoms with Gasteiger partial charge < -0.3 is 10.0 Å². The van der Waals surface area contributed by atoms with E-state index in [1.54, 1.807) is 6.07 Å². The molecule has 0 atom stereocenters. The molecule has 2 rings (SSSR count). The van der Waals surface area contributed by atoms with Crippen LogP contribution in [0.2, 0.25) is 0 Å². The van der Waals surface area contributed by atoms with E-state index in [1.807, 2.05) is 0 Å². The first kappa shape index (κ1) is 13.5. The molecule has 1 aromatic carbocycles. The van der Waals surface area contributed by atoms with E-state index in [9.17, 15) is 14.4 Å². The summed E-state index contributed by atoms with van der Waals surface area (Å²) in [5, 5.41) is 18.6. The summed E-state index contributed by atoms with van der Waals surface area (Å²) in [5.74, 6) is -0.433. The van der Waals surface area contributed by atoms with Gasteiger partial charge in [-0.2, -0.15) is 0 Å². The highest BCUT2D eigenvalue weighted by Gasteiger charge is 2.19. The highest BCUT2D eigenvalue weighted by molar-refractivity contribution is 6.59. The number of hydrogen-bond donors (Lipinski definition) is 2. The lowest BCUT2D eigenvalue weighted by molar-refractivity contribution is 0.277. The smallest absolute Gasteiger partial charge is 0.423 e. The van der Waals surface area contributed by atoms with Gasteiger partial charge in [-0.15, -0.1) is 0 Å². The summed E-state index contributed by atoms with van der Waals surface area (Å²) in [4.78, 5) is 2.30. The Kier molecular flexibility index (Phi) is 4.75. The Balaban J connectivity index is 2.12. The second-order valence-corrected chi connectivity index (χ2v) is 4.91. The molecule has 0 radical (unpaired) electrons. The molecule has 1 aromatic rings. The molecule has 0 unspecified atom stereocenters. The van der Waals surface area contributed by atoms with Gasteiger partial charge in [0.25, 0.3) is 0 Å². The topological polar surface area (TPSA) is 43.7 Å². The first-order chi connectivity index (χ1) is 8.66. The molecule has 1 saturated heterocycles. The van der Waals surface area contributed by atoms with Crippen molar-refractivity contribution in [1.29, 1.82) is 0 Å². The summed E-state index contributed by atoms with van der Waals surface area (Å²) >= 11 is 0. The van der Waals surface area contributed by atoms with E-state index in [2.05, 4.69) is 4.90 Å². The Hall–Kier alpha value is -0.905. The summed E-state index contributed by atoms with van der Waals surface area (Å²) in [6.45, 7) is 2.71. The standard InChI is InChI=1S/C13H19BFNO2/c15-12-6-5-11(13(9-12)14(17)18)10-16-7-3-1-2-4-8-16/h5-6,9,17-18H,1-4,7-8,10H2. The molecule has 2 N–H and O–H groups in total. The maximum absolute atomic E-state index is 13.1. The highest BCUT2D eigenvalue weighted by Crippen LogP contribution is 2.13. The van der Waals surface area contributed by atoms with Crippen LogP contribution in [0.25, 0.3) is 0 Å². The van der Waals surface area contributed by atoms with Crippen molar-refractivity contribution in [3.05, 3.63) is 29.6 Å². The fourth-order valence-corrected chi connectivity index (χ4v) is 2.49. The lowest BCUT2D eigenvalue weighted by atomic mass is 9.77. The van der Waals surface area contributed by atoms with Crippen LogP contribution in [0.15, 0.2) is 18.2 Å². The minimum absolute atomic E-state index is 0.277. The third kappa shape index (κ3) is 3.54. The van der Waals surface area contributed by atoms with Crippen molar-refractivity contribution >= 4 is 12.6 Å². The number of likely N-dealkylation sites (tertiary alicyclic amines) is 1. The Morgan fingerprint density at radius 3 is 2.39 bits per heavy atom. The molecule has 0 amide bonds. The fourth-order valence-electron chi connectivity index (χ4n) is 2.49. The van der Waals surface area contributed by atoms with E-state index >= 15 is 0 Å². The zero-order chi connectivity index (χ0) is 13.0. The van der Waals surface area contributed by atoms with Gasteiger partial charge in [-0.05, 0) is 49.1 Å². The Morgan fingerprint density at radius 1 is 1.11 bits per heavy atom. The molecular weight excluding hydrogens is 232 g/mol. The molecule has 1 fully saturated rings. The van der Waals surface area contributed by atoms with E-state index in [1.165, 1.54) is 37.8 Å². The zero-order valence-electron chi connectivity index (χ0n) is 10.5. The van der Waals surface area contributed by atoms with E-state index in [4.69, 9.17) is 0 Å². The first-order valence-electron chi connectivity index (χ1n) is 6.53. The van der Waals surface area contributed by atoms with Crippen LogP contribution in [0.3, 0.4) is 0 Å². The van der Waals surface area contributed by atoms with Crippen molar-refractivity contribution < 1.29 is 14.4 Å². The minimum Gasteiger partial charge on any atom is -0.423 e. The molecule has 0 bridgehead atoms. The quantitative estimate of drug-likeness (QED) is 0.784. The van der Waals surface area contributed by atoms with E-state index in [-0.39, 0.29) is 5.46 Å². The second kappa shape index (κ2) is 6.32. The van der Waals surface area contributed by atoms with Gasteiger partial charge in [0.15, 0.2) is 0 Å². The lowest BCUT2D eigenvalue weighted by Gasteiger charge is -2.21. The van der Waals surface area contributed by atoms with Gasteiger partial charge in [0.2, 0.25) is 0 Å². The molecule has 0 aliphatic carbocycles. The van der Waals surface area contributed by atoms with Crippen LogP contribution in [-0.2, 0) is 6.54 Å². The van der Waals surface area contributed by atoms with Crippen LogP contribution in [0.5, 0.6) is 0 Å². The lowest BCUT2D eigenvalue weighted by Crippen LogP contribution is -2.36. The van der Waals surface area contributed by atoms with Crippen molar-refractivity contribution in [1.82, 2.24) is 4.90 Å². The number of rotatable bonds is 3. The summed E-state index contributed by atoms with van der Waals surface area (Å²) in [6.07, 6.45) is 4.88. The summed E-state index contributed by atoms with van der Waals surface area (Å²) in [7, 11) is -1.61. The predicted molar refractivity (Wildman–Crippen MR) is 70.0 cm³/mol. The Labute approximate surface area is 107 Å². The van der Waals surface area contributed by atoms with Crippen LogP contribution in [0, 0.1) is 5.82 Å². The normalized spacial score (nSPS) is 17.5. The molecule has 0 aromatic heterocycles. The summed E-state index contributed by atoms with van der Waals surface area (Å²) in [5.41, 5.74) is 1.08. The highest BCUT2D eigenvalue weighted by atomic mass is 19.1. The van der Waals surface area contributed by atoms with Gasteiger partial charge in [-0.25, -0.2) is 4.39 Å². The zero-order valence-corrected chi connectivity index (χ0v) is 10.5. The molecule has 1 heterocycles. The molecule has 1 aliphatic rings. The van der Waals surface area contributed by atoms with Crippen LogP contribution >= 0.6 is 0 Å². The van der Waals surface area contributed by atoms with E-state index < -0.39 is 12.9 Å². The number of halogens is 1. The van der Waals surface area contributed by atoms with Gasteiger partial charge >= 0.3 is 7.12 Å². The monoisotopic (exact) mass is 251 g/mol. The van der Waals surface area contributed by atoms with Crippen molar-refractivity contribution in [3.8, 4) is 0 Å². The molecule has 98 valence electrons. The largest absolute Gasteiger partial charge is 0.488 e. The van der Waals surface area contributed by atoms with Gasteiger partial charge in [0.1, 0.15) is 5.82 Å². The van der Waals surface area contributed by atoms with Gasteiger partial charge in [-0.1, -0.05) is 18.9 Å². The van der Waals surface area contributed by atoms with Gasteiger partial charge in [-0.3, -0.25) is 4.90 Å². The Bertz CT molecular complexity index is 393. The first-order valence-corrected chi connectivity index (χ1v) is 6.53. The molecule has 3 nitrogen and oxygen atoms in total.